The number of rotatable bonds is 7. The number of hydrogen-bond donors (Lipinski definition) is 2. The number of aryl methyl sites for hydroxylation is 1. The number of nitrogens with zero attached hydrogens (tertiary/aromatic N) is 3. The fourth-order valence-corrected chi connectivity index (χ4v) is 2.64. The molecule has 0 aliphatic heterocycles. The number of nitro groups is 1. The maximum atomic E-state index is 12.0. The molecule has 0 atom stereocenters. The molecule has 0 unspecified atom stereocenters. The predicted octanol–water partition coefficient (Wildman–Crippen LogP) is 1.61. The van der Waals surface area contributed by atoms with Gasteiger partial charge in [0.25, 0.3) is 5.91 Å². The fraction of sp³-hybridized carbons (Fsp3) is 0.312. The molecule has 1 aromatic heterocycles. The third-order valence-corrected chi connectivity index (χ3v) is 4.00. The number of aromatic nitrogens is 2. The van der Waals surface area contributed by atoms with Crippen molar-refractivity contribution >= 4 is 29.1 Å². The summed E-state index contributed by atoms with van der Waals surface area (Å²) in [7, 11) is 0. The number of benzene rings is 1. The van der Waals surface area contributed by atoms with Crippen LogP contribution in [0.25, 0.3) is 0 Å². The summed E-state index contributed by atoms with van der Waals surface area (Å²) in [4.78, 5) is 34.4. The first-order valence-electron chi connectivity index (χ1n) is 7.79. The van der Waals surface area contributed by atoms with E-state index in [2.05, 4.69) is 15.7 Å². The van der Waals surface area contributed by atoms with Crippen LogP contribution < -0.4 is 10.6 Å². The molecule has 2 amide bonds. The van der Waals surface area contributed by atoms with E-state index in [4.69, 9.17) is 11.6 Å². The Morgan fingerprint density at radius 3 is 2.50 bits per heavy atom. The predicted molar refractivity (Wildman–Crippen MR) is 95.2 cm³/mol. The number of hydrogen-bond acceptors (Lipinski definition) is 5. The van der Waals surface area contributed by atoms with Crippen LogP contribution in [0.1, 0.15) is 21.7 Å². The van der Waals surface area contributed by atoms with Gasteiger partial charge in [0, 0.05) is 13.1 Å². The zero-order valence-corrected chi connectivity index (χ0v) is 15.0. The Hall–Kier alpha value is -2.94. The molecule has 1 aromatic carbocycles. The highest BCUT2D eigenvalue weighted by atomic mass is 35.5. The molecule has 0 bridgehead atoms. The molecule has 0 aliphatic carbocycles. The van der Waals surface area contributed by atoms with Gasteiger partial charge in [-0.05, 0) is 26.0 Å². The quantitative estimate of drug-likeness (QED) is 0.430. The average Bonchev–Trinajstić information content (AvgIpc) is 2.85. The molecule has 0 saturated heterocycles. The molecule has 0 aliphatic rings. The van der Waals surface area contributed by atoms with Crippen LogP contribution in [0.4, 0.5) is 5.69 Å². The highest BCUT2D eigenvalue weighted by Gasteiger charge is 2.22. The van der Waals surface area contributed by atoms with Gasteiger partial charge in [-0.25, -0.2) is 0 Å². The Kier molecular flexibility index (Phi) is 6.29. The normalized spacial score (nSPS) is 10.4. The molecule has 2 aromatic rings. The Labute approximate surface area is 154 Å². The summed E-state index contributed by atoms with van der Waals surface area (Å²) in [6, 6.07) is 6.65. The number of nitrogens with one attached hydrogen (secondary N) is 2. The molecule has 0 fully saturated rings. The summed E-state index contributed by atoms with van der Waals surface area (Å²) >= 11 is 5.94. The van der Waals surface area contributed by atoms with Gasteiger partial charge < -0.3 is 10.6 Å². The van der Waals surface area contributed by atoms with Crippen LogP contribution in [-0.4, -0.2) is 39.6 Å². The molecule has 0 spiro atoms. The summed E-state index contributed by atoms with van der Waals surface area (Å²) in [6.07, 6.45) is 0. The highest BCUT2D eigenvalue weighted by molar-refractivity contribution is 6.33. The molecule has 26 heavy (non-hydrogen) atoms. The van der Waals surface area contributed by atoms with Crippen molar-refractivity contribution in [1.29, 1.82) is 0 Å². The second-order valence-electron chi connectivity index (χ2n) is 5.52. The summed E-state index contributed by atoms with van der Waals surface area (Å²) in [6.45, 7) is 3.33. The van der Waals surface area contributed by atoms with Gasteiger partial charge in [-0.2, -0.15) is 5.10 Å². The summed E-state index contributed by atoms with van der Waals surface area (Å²) in [5.74, 6) is -0.698. The number of halogens is 1. The minimum Gasteiger partial charge on any atom is -0.353 e. The molecule has 10 heteroatoms. The fourth-order valence-electron chi connectivity index (χ4n) is 2.42. The van der Waals surface area contributed by atoms with Gasteiger partial charge in [0.2, 0.25) is 5.91 Å². The number of carbonyl (C=O) groups excluding carboxylic acids is 2. The average molecular weight is 380 g/mol. The van der Waals surface area contributed by atoms with Crippen LogP contribution in [0.15, 0.2) is 24.3 Å². The summed E-state index contributed by atoms with van der Waals surface area (Å²) in [5, 5.41) is 20.6. The van der Waals surface area contributed by atoms with Crippen molar-refractivity contribution in [3.05, 3.63) is 56.4 Å². The second kappa shape index (κ2) is 8.43. The van der Waals surface area contributed by atoms with Crippen LogP contribution in [0, 0.1) is 24.0 Å². The second-order valence-corrected chi connectivity index (χ2v) is 5.93. The zero-order chi connectivity index (χ0) is 19.3. The lowest BCUT2D eigenvalue weighted by Gasteiger charge is -2.08. The van der Waals surface area contributed by atoms with Crippen molar-refractivity contribution in [1.82, 2.24) is 20.4 Å². The largest absolute Gasteiger partial charge is 0.353 e. The maximum absolute atomic E-state index is 12.0. The van der Waals surface area contributed by atoms with Crippen LogP contribution in [0.5, 0.6) is 0 Å². The van der Waals surface area contributed by atoms with E-state index in [0.717, 1.165) is 0 Å². The van der Waals surface area contributed by atoms with Crippen LogP contribution in [0.3, 0.4) is 0 Å². The molecule has 2 N–H and O–H groups in total. The van der Waals surface area contributed by atoms with Gasteiger partial charge in [0.05, 0.1) is 15.5 Å². The van der Waals surface area contributed by atoms with E-state index in [1.807, 2.05) is 0 Å². The molecule has 138 valence electrons. The molecule has 2 rings (SSSR count). The van der Waals surface area contributed by atoms with Crippen LogP contribution >= 0.6 is 11.6 Å². The molecule has 0 radical (unpaired) electrons. The minimum absolute atomic E-state index is 0.0928. The van der Waals surface area contributed by atoms with Gasteiger partial charge in [0.1, 0.15) is 17.9 Å². The van der Waals surface area contributed by atoms with Gasteiger partial charge in [-0.15, -0.1) is 0 Å². The van der Waals surface area contributed by atoms with Crippen LogP contribution in [-0.2, 0) is 11.3 Å². The summed E-state index contributed by atoms with van der Waals surface area (Å²) < 4.78 is 1.28. The third-order valence-electron chi connectivity index (χ3n) is 3.67. The SMILES string of the molecule is Cc1nn(CC(=O)NCCNC(=O)c2ccccc2Cl)c(C)c1[N+](=O)[O-]. The van der Waals surface area contributed by atoms with Crippen molar-refractivity contribution < 1.29 is 14.5 Å². The standard InChI is InChI=1S/C16H18ClN5O4/c1-10-15(22(25)26)11(2)21(20-10)9-14(23)18-7-8-19-16(24)12-5-3-4-6-13(12)17/h3-6H,7-9H2,1-2H3,(H,18,23)(H,19,24). The van der Waals surface area contributed by atoms with Gasteiger partial charge in [0.15, 0.2) is 0 Å². The van der Waals surface area contributed by atoms with E-state index < -0.39 is 4.92 Å². The third kappa shape index (κ3) is 4.57. The lowest BCUT2D eigenvalue weighted by molar-refractivity contribution is -0.386. The van der Waals surface area contributed by atoms with Crippen molar-refractivity contribution in [3.63, 3.8) is 0 Å². The first-order valence-corrected chi connectivity index (χ1v) is 8.17. The van der Waals surface area contributed by atoms with Crippen molar-refractivity contribution in [2.24, 2.45) is 0 Å². The van der Waals surface area contributed by atoms with Gasteiger partial charge in [-0.1, -0.05) is 23.7 Å². The molecular weight excluding hydrogens is 362 g/mol. The topological polar surface area (TPSA) is 119 Å². The van der Waals surface area contributed by atoms with E-state index in [9.17, 15) is 19.7 Å². The molecule has 9 nitrogen and oxygen atoms in total. The first-order chi connectivity index (χ1) is 12.3. The summed E-state index contributed by atoms with van der Waals surface area (Å²) in [5.41, 5.74) is 0.835. The van der Waals surface area contributed by atoms with Crippen LogP contribution in [0.2, 0.25) is 5.02 Å². The first kappa shape index (κ1) is 19.4. The molecule has 1 heterocycles. The Morgan fingerprint density at radius 2 is 1.88 bits per heavy atom. The Bertz CT molecular complexity index is 849. The number of amides is 2. The van der Waals surface area contributed by atoms with E-state index in [1.54, 1.807) is 24.3 Å². The van der Waals surface area contributed by atoms with Crippen molar-refractivity contribution in [3.8, 4) is 0 Å². The Morgan fingerprint density at radius 1 is 1.23 bits per heavy atom. The van der Waals surface area contributed by atoms with Gasteiger partial charge >= 0.3 is 5.69 Å². The van der Waals surface area contributed by atoms with Crippen molar-refractivity contribution in [2.45, 2.75) is 20.4 Å². The monoisotopic (exact) mass is 379 g/mol. The van der Waals surface area contributed by atoms with E-state index in [0.29, 0.717) is 16.3 Å². The van der Waals surface area contributed by atoms with E-state index in [-0.39, 0.29) is 42.8 Å². The van der Waals surface area contributed by atoms with Gasteiger partial charge in [-0.3, -0.25) is 24.4 Å². The lowest BCUT2D eigenvalue weighted by atomic mass is 10.2. The Balaban J connectivity index is 1.81. The van der Waals surface area contributed by atoms with E-state index in [1.165, 1.54) is 18.5 Å². The smallest absolute Gasteiger partial charge is 0.312 e. The maximum Gasteiger partial charge on any atom is 0.312 e. The molecular formula is C16H18ClN5O4. The zero-order valence-electron chi connectivity index (χ0n) is 14.3. The van der Waals surface area contributed by atoms with Crippen molar-refractivity contribution in [2.75, 3.05) is 13.1 Å². The molecule has 0 saturated carbocycles. The number of carbonyl (C=O) groups is 2. The minimum atomic E-state index is -0.518. The lowest BCUT2D eigenvalue weighted by Crippen LogP contribution is -2.36. The van der Waals surface area contributed by atoms with E-state index >= 15 is 0 Å². The highest BCUT2D eigenvalue weighted by Crippen LogP contribution is 2.21.